The van der Waals surface area contributed by atoms with E-state index in [1.54, 1.807) is 4.90 Å². The van der Waals surface area contributed by atoms with E-state index < -0.39 is 6.10 Å². The number of aliphatic hydroxyl groups is 1. The van der Waals surface area contributed by atoms with E-state index in [-0.39, 0.29) is 11.5 Å². The lowest BCUT2D eigenvalue weighted by atomic mass is 9.93. The number of carbonyl (C=O) groups is 1. The molecule has 5 heteroatoms. The number of rotatable bonds is 6. The first-order valence-electron chi connectivity index (χ1n) is 7.92. The van der Waals surface area contributed by atoms with Gasteiger partial charge in [0.25, 0.3) is 0 Å². The van der Waals surface area contributed by atoms with E-state index in [0.717, 1.165) is 25.9 Å². The predicted octanol–water partition coefficient (Wildman–Crippen LogP) is 1.35. The molecule has 0 bridgehead atoms. The number of amides is 1. The Morgan fingerprint density at radius 3 is 2.38 bits per heavy atom. The first kappa shape index (κ1) is 18.4. The van der Waals surface area contributed by atoms with Crippen molar-refractivity contribution < 1.29 is 14.6 Å². The maximum absolute atomic E-state index is 11.7. The molecule has 0 aromatic carbocycles. The summed E-state index contributed by atoms with van der Waals surface area (Å²) in [4.78, 5) is 15.6. The maximum atomic E-state index is 11.7. The topological polar surface area (TPSA) is 53.0 Å². The fraction of sp³-hybridized carbons (Fsp3) is 0.938. The molecular weight excluding hydrogens is 268 g/mol. The van der Waals surface area contributed by atoms with Gasteiger partial charge in [0.2, 0.25) is 5.91 Å². The van der Waals surface area contributed by atoms with Crippen LogP contribution >= 0.6 is 0 Å². The second kappa shape index (κ2) is 8.11. The summed E-state index contributed by atoms with van der Waals surface area (Å²) in [6, 6.07) is 0. The van der Waals surface area contributed by atoms with Crippen LogP contribution in [0.15, 0.2) is 0 Å². The van der Waals surface area contributed by atoms with Gasteiger partial charge in [-0.05, 0) is 52.6 Å². The average Bonchev–Trinajstić information content (AvgIpc) is 2.38. The Bertz CT molecular complexity index is 318. The molecule has 1 aliphatic rings. The summed E-state index contributed by atoms with van der Waals surface area (Å²) in [5.74, 6) is 0.700. The summed E-state index contributed by atoms with van der Waals surface area (Å²) in [6.07, 6.45) is 2.28. The molecule has 0 radical (unpaired) electrons. The van der Waals surface area contributed by atoms with Gasteiger partial charge in [-0.3, -0.25) is 4.79 Å². The van der Waals surface area contributed by atoms with Gasteiger partial charge in [0.1, 0.15) is 0 Å². The van der Waals surface area contributed by atoms with Crippen molar-refractivity contribution in [2.45, 2.75) is 51.7 Å². The van der Waals surface area contributed by atoms with E-state index in [9.17, 15) is 9.90 Å². The third kappa shape index (κ3) is 7.79. The first-order valence-corrected chi connectivity index (χ1v) is 7.92. The molecule has 0 aliphatic carbocycles. The van der Waals surface area contributed by atoms with Crippen molar-refractivity contribution in [3.8, 4) is 0 Å². The molecule has 0 spiro atoms. The standard InChI is InChI=1S/C16H32N2O3/c1-16(2,3)21-12-14(19)11-18-8-6-13(7-9-18)10-15(20)17(4)5/h13-14,19H,6-12H2,1-5H3. The van der Waals surface area contributed by atoms with Gasteiger partial charge in [0.15, 0.2) is 0 Å². The monoisotopic (exact) mass is 300 g/mol. The SMILES string of the molecule is CN(C)C(=O)CC1CCN(CC(O)COC(C)(C)C)CC1. The lowest BCUT2D eigenvalue weighted by Crippen LogP contribution is -2.41. The van der Waals surface area contributed by atoms with Gasteiger partial charge in [-0.15, -0.1) is 0 Å². The fourth-order valence-electron chi connectivity index (χ4n) is 2.50. The third-order valence-corrected chi connectivity index (χ3v) is 3.85. The predicted molar refractivity (Wildman–Crippen MR) is 84.2 cm³/mol. The maximum Gasteiger partial charge on any atom is 0.222 e. The average molecular weight is 300 g/mol. The Hall–Kier alpha value is -0.650. The summed E-state index contributed by atoms with van der Waals surface area (Å²) < 4.78 is 5.61. The Kier molecular flexibility index (Phi) is 7.10. The number of ether oxygens (including phenoxy) is 1. The van der Waals surface area contributed by atoms with Gasteiger partial charge in [0.05, 0.1) is 18.3 Å². The summed E-state index contributed by atoms with van der Waals surface area (Å²) in [5, 5.41) is 10.0. The van der Waals surface area contributed by atoms with E-state index in [1.807, 2.05) is 34.9 Å². The summed E-state index contributed by atoms with van der Waals surface area (Å²) in [7, 11) is 3.62. The van der Waals surface area contributed by atoms with Crippen LogP contribution in [0.2, 0.25) is 0 Å². The summed E-state index contributed by atoms with van der Waals surface area (Å²) in [5.41, 5.74) is -0.208. The molecule has 1 fully saturated rings. The van der Waals surface area contributed by atoms with Gasteiger partial charge in [-0.25, -0.2) is 0 Å². The van der Waals surface area contributed by atoms with Crippen LogP contribution in [0.4, 0.5) is 0 Å². The highest BCUT2D eigenvalue weighted by Crippen LogP contribution is 2.21. The number of hydrogen-bond donors (Lipinski definition) is 1. The number of likely N-dealkylation sites (tertiary alicyclic amines) is 1. The van der Waals surface area contributed by atoms with E-state index in [4.69, 9.17) is 4.74 Å². The van der Waals surface area contributed by atoms with E-state index in [2.05, 4.69) is 4.90 Å². The summed E-state index contributed by atoms with van der Waals surface area (Å²) >= 11 is 0. The zero-order valence-corrected chi connectivity index (χ0v) is 14.3. The van der Waals surface area contributed by atoms with Crippen LogP contribution in [-0.2, 0) is 9.53 Å². The Morgan fingerprint density at radius 2 is 1.90 bits per heavy atom. The molecule has 1 amide bonds. The molecule has 1 unspecified atom stereocenters. The van der Waals surface area contributed by atoms with Crippen molar-refractivity contribution in [2.75, 3.05) is 40.3 Å². The van der Waals surface area contributed by atoms with Gasteiger partial charge >= 0.3 is 0 Å². The molecule has 5 nitrogen and oxygen atoms in total. The number of hydrogen-bond acceptors (Lipinski definition) is 4. The molecule has 124 valence electrons. The number of carbonyl (C=O) groups excluding carboxylic acids is 1. The molecule has 21 heavy (non-hydrogen) atoms. The van der Waals surface area contributed by atoms with Gasteiger partial charge in [-0.1, -0.05) is 0 Å². The Labute approximate surface area is 129 Å². The highest BCUT2D eigenvalue weighted by Gasteiger charge is 2.24. The molecule has 1 aliphatic heterocycles. The molecule has 1 rings (SSSR count). The van der Waals surface area contributed by atoms with Crippen molar-refractivity contribution in [3.05, 3.63) is 0 Å². The van der Waals surface area contributed by atoms with Gasteiger partial charge < -0.3 is 19.6 Å². The molecule has 0 saturated carbocycles. The zero-order chi connectivity index (χ0) is 16.0. The quantitative estimate of drug-likeness (QED) is 0.804. The lowest BCUT2D eigenvalue weighted by Gasteiger charge is -2.33. The van der Waals surface area contributed by atoms with Crippen molar-refractivity contribution in [2.24, 2.45) is 5.92 Å². The molecule has 0 aromatic rings. The Balaban J connectivity index is 2.22. The van der Waals surface area contributed by atoms with Gasteiger partial charge in [0, 0.05) is 27.1 Å². The van der Waals surface area contributed by atoms with Crippen molar-refractivity contribution >= 4 is 5.91 Å². The molecule has 1 saturated heterocycles. The number of piperidine rings is 1. The summed E-state index contributed by atoms with van der Waals surface area (Å²) in [6.45, 7) is 8.93. The largest absolute Gasteiger partial charge is 0.389 e. The minimum Gasteiger partial charge on any atom is -0.389 e. The number of nitrogens with zero attached hydrogens (tertiary/aromatic N) is 2. The molecule has 0 aromatic heterocycles. The van der Waals surface area contributed by atoms with Crippen LogP contribution in [0.3, 0.4) is 0 Å². The highest BCUT2D eigenvalue weighted by atomic mass is 16.5. The normalized spacial score (nSPS) is 19.5. The van der Waals surface area contributed by atoms with E-state index in [1.165, 1.54) is 0 Å². The van der Waals surface area contributed by atoms with Crippen LogP contribution < -0.4 is 0 Å². The molecular formula is C16H32N2O3. The van der Waals surface area contributed by atoms with Crippen LogP contribution in [-0.4, -0.2) is 72.9 Å². The van der Waals surface area contributed by atoms with Crippen LogP contribution in [0.1, 0.15) is 40.0 Å². The van der Waals surface area contributed by atoms with Crippen molar-refractivity contribution in [1.82, 2.24) is 9.80 Å². The molecule has 1 atom stereocenters. The second-order valence-electron chi connectivity index (χ2n) is 7.31. The third-order valence-electron chi connectivity index (χ3n) is 3.85. The number of β-amino-alcohol motifs (C(OH)–C–C–N with tert-alkyl or cyclic N) is 1. The van der Waals surface area contributed by atoms with Crippen molar-refractivity contribution in [1.29, 1.82) is 0 Å². The highest BCUT2D eigenvalue weighted by molar-refractivity contribution is 5.75. The van der Waals surface area contributed by atoms with Crippen LogP contribution in [0, 0.1) is 5.92 Å². The zero-order valence-electron chi connectivity index (χ0n) is 14.3. The fourth-order valence-corrected chi connectivity index (χ4v) is 2.50. The first-order chi connectivity index (χ1) is 9.67. The van der Waals surface area contributed by atoms with E-state index in [0.29, 0.717) is 25.5 Å². The van der Waals surface area contributed by atoms with Crippen LogP contribution in [0.25, 0.3) is 0 Å². The lowest BCUT2D eigenvalue weighted by molar-refractivity contribution is -0.130. The van der Waals surface area contributed by atoms with Crippen LogP contribution in [0.5, 0.6) is 0 Å². The number of aliphatic hydroxyl groups excluding tert-OH is 1. The molecule has 1 heterocycles. The molecule has 1 N–H and O–H groups in total. The van der Waals surface area contributed by atoms with Crippen molar-refractivity contribution in [3.63, 3.8) is 0 Å². The minimum atomic E-state index is -0.441. The van der Waals surface area contributed by atoms with E-state index >= 15 is 0 Å². The smallest absolute Gasteiger partial charge is 0.222 e. The van der Waals surface area contributed by atoms with Gasteiger partial charge in [-0.2, -0.15) is 0 Å². The Morgan fingerprint density at radius 1 is 1.33 bits per heavy atom. The second-order valence-corrected chi connectivity index (χ2v) is 7.31. The minimum absolute atomic E-state index is 0.208.